The van der Waals surface area contributed by atoms with Gasteiger partial charge in [-0.1, -0.05) is 22.9 Å². The van der Waals surface area contributed by atoms with Gasteiger partial charge in [0.2, 0.25) is 0 Å². The molecule has 1 heterocycles. The average Bonchev–Trinajstić information content (AvgIpc) is 2.70. The van der Waals surface area contributed by atoms with E-state index in [-0.39, 0.29) is 11.4 Å². The molecule has 4 heteroatoms. The van der Waals surface area contributed by atoms with Crippen LogP contribution >= 0.6 is 15.9 Å². The van der Waals surface area contributed by atoms with Gasteiger partial charge in [-0.3, -0.25) is 4.79 Å². The van der Waals surface area contributed by atoms with E-state index < -0.39 is 0 Å². The number of halogens is 1. The quantitative estimate of drug-likeness (QED) is 0.845. The number of carbonyl (C=O) groups excluding carboxylic acids is 1. The number of furan rings is 1. The van der Waals surface area contributed by atoms with Gasteiger partial charge >= 0.3 is 0 Å². The molecule has 1 N–H and O–H groups in total. The molecule has 3 nitrogen and oxygen atoms in total. The maximum atomic E-state index is 11.6. The van der Waals surface area contributed by atoms with Crippen LogP contribution in [0.2, 0.25) is 0 Å². The molecule has 0 bridgehead atoms. The number of hydrogen-bond donors (Lipinski definition) is 1. The predicted octanol–water partition coefficient (Wildman–Crippen LogP) is 2.57. The van der Waals surface area contributed by atoms with Crippen molar-refractivity contribution in [2.75, 3.05) is 5.33 Å². The van der Waals surface area contributed by atoms with Crippen LogP contribution in [0.3, 0.4) is 0 Å². The van der Waals surface area contributed by atoms with Gasteiger partial charge in [0.15, 0.2) is 5.76 Å². The lowest BCUT2D eigenvalue weighted by molar-refractivity contribution is 0.0885. The van der Waals surface area contributed by atoms with Gasteiger partial charge in [0.05, 0.1) is 6.26 Å². The zero-order valence-corrected chi connectivity index (χ0v) is 9.93. The van der Waals surface area contributed by atoms with Gasteiger partial charge in [0.25, 0.3) is 5.91 Å². The summed E-state index contributed by atoms with van der Waals surface area (Å²) in [4.78, 5) is 11.6. The Morgan fingerprint density at radius 3 is 2.86 bits per heavy atom. The fraction of sp³-hybridized carbons (Fsp3) is 0.500. The Kier molecular flexibility index (Phi) is 3.75. The minimum atomic E-state index is -0.218. The van der Waals surface area contributed by atoms with E-state index in [0.717, 1.165) is 11.8 Å². The maximum absolute atomic E-state index is 11.6. The fourth-order valence-electron chi connectivity index (χ4n) is 0.960. The first-order valence-corrected chi connectivity index (χ1v) is 5.65. The molecular formula is C10H14BrNO2. The van der Waals surface area contributed by atoms with E-state index in [0.29, 0.717) is 5.76 Å². The van der Waals surface area contributed by atoms with E-state index >= 15 is 0 Å². The van der Waals surface area contributed by atoms with Crippen molar-refractivity contribution >= 4 is 21.8 Å². The first-order valence-electron chi connectivity index (χ1n) is 4.53. The van der Waals surface area contributed by atoms with E-state index in [2.05, 4.69) is 21.2 Å². The molecule has 0 aromatic carbocycles. The highest BCUT2D eigenvalue weighted by molar-refractivity contribution is 9.09. The molecule has 0 fully saturated rings. The molecule has 1 aromatic heterocycles. The Bertz CT molecular complexity index is 291. The number of rotatable bonds is 4. The Balaban J connectivity index is 2.65. The van der Waals surface area contributed by atoms with Crippen LogP contribution in [0, 0.1) is 0 Å². The van der Waals surface area contributed by atoms with E-state index in [9.17, 15) is 4.79 Å². The number of amides is 1. The normalized spacial score (nSPS) is 14.8. The Labute approximate surface area is 92.0 Å². The highest BCUT2D eigenvalue weighted by atomic mass is 79.9. The zero-order chi connectivity index (χ0) is 10.6. The highest BCUT2D eigenvalue weighted by Crippen LogP contribution is 2.13. The van der Waals surface area contributed by atoms with Crippen molar-refractivity contribution in [1.82, 2.24) is 5.32 Å². The summed E-state index contributed by atoms with van der Waals surface area (Å²) in [5.41, 5.74) is -0.218. The summed E-state index contributed by atoms with van der Waals surface area (Å²) in [7, 11) is 0. The lowest BCUT2D eigenvalue weighted by atomic mass is 10.0. The van der Waals surface area contributed by atoms with Crippen LogP contribution in [-0.4, -0.2) is 16.8 Å². The topological polar surface area (TPSA) is 42.2 Å². The van der Waals surface area contributed by atoms with Crippen molar-refractivity contribution in [3.05, 3.63) is 24.2 Å². The molecular weight excluding hydrogens is 246 g/mol. The third-order valence-electron chi connectivity index (χ3n) is 2.24. The van der Waals surface area contributed by atoms with Crippen LogP contribution in [0.4, 0.5) is 0 Å². The Hall–Kier alpha value is -0.770. The van der Waals surface area contributed by atoms with E-state index in [1.807, 2.05) is 13.8 Å². The predicted molar refractivity (Wildman–Crippen MR) is 58.7 cm³/mol. The maximum Gasteiger partial charge on any atom is 0.287 e. The van der Waals surface area contributed by atoms with Crippen LogP contribution in [0.1, 0.15) is 30.8 Å². The number of carbonyl (C=O) groups is 1. The van der Waals surface area contributed by atoms with Gasteiger partial charge in [-0.15, -0.1) is 0 Å². The summed E-state index contributed by atoms with van der Waals surface area (Å²) in [5.74, 6) is 0.185. The van der Waals surface area contributed by atoms with Gasteiger partial charge in [0, 0.05) is 10.9 Å². The molecule has 1 atom stereocenters. The van der Waals surface area contributed by atoms with Crippen LogP contribution in [0.5, 0.6) is 0 Å². The van der Waals surface area contributed by atoms with Gasteiger partial charge < -0.3 is 9.73 Å². The Morgan fingerprint density at radius 2 is 2.43 bits per heavy atom. The highest BCUT2D eigenvalue weighted by Gasteiger charge is 2.24. The fourth-order valence-corrected chi connectivity index (χ4v) is 1.50. The summed E-state index contributed by atoms with van der Waals surface area (Å²) >= 11 is 3.38. The van der Waals surface area contributed by atoms with Gasteiger partial charge in [-0.25, -0.2) is 0 Å². The third-order valence-corrected chi connectivity index (χ3v) is 3.47. The van der Waals surface area contributed by atoms with Crippen molar-refractivity contribution in [2.24, 2.45) is 0 Å². The molecule has 1 unspecified atom stereocenters. The largest absolute Gasteiger partial charge is 0.459 e. The molecule has 0 aliphatic rings. The molecule has 0 saturated heterocycles. The number of nitrogens with one attached hydrogen (secondary N) is 1. The van der Waals surface area contributed by atoms with Gasteiger partial charge in [-0.05, 0) is 25.5 Å². The molecule has 0 radical (unpaired) electrons. The third kappa shape index (κ3) is 2.61. The monoisotopic (exact) mass is 259 g/mol. The SMILES string of the molecule is CCC(C)(CBr)NC(=O)c1ccco1. The van der Waals surface area contributed by atoms with E-state index in [4.69, 9.17) is 4.42 Å². The van der Waals surface area contributed by atoms with Crippen molar-refractivity contribution in [3.8, 4) is 0 Å². The first-order chi connectivity index (χ1) is 6.61. The second-order valence-electron chi connectivity index (χ2n) is 3.48. The van der Waals surface area contributed by atoms with Crippen LogP contribution in [-0.2, 0) is 0 Å². The number of hydrogen-bond acceptors (Lipinski definition) is 2. The lowest BCUT2D eigenvalue weighted by Crippen LogP contribution is -2.46. The molecule has 0 aliphatic carbocycles. The molecule has 1 rings (SSSR count). The summed E-state index contributed by atoms with van der Waals surface area (Å²) in [5, 5.41) is 3.64. The smallest absolute Gasteiger partial charge is 0.287 e. The van der Waals surface area contributed by atoms with Gasteiger partial charge in [-0.2, -0.15) is 0 Å². The Morgan fingerprint density at radius 1 is 1.71 bits per heavy atom. The summed E-state index contributed by atoms with van der Waals surface area (Å²) in [6, 6.07) is 3.35. The summed E-state index contributed by atoms with van der Waals surface area (Å²) < 4.78 is 5.00. The van der Waals surface area contributed by atoms with E-state index in [1.165, 1.54) is 6.26 Å². The molecule has 14 heavy (non-hydrogen) atoms. The van der Waals surface area contributed by atoms with Crippen LogP contribution in [0.25, 0.3) is 0 Å². The lowest BCUT2D eigenvalue weighted by Gasteiger charge is -2.26. The van der Waals surface area contributed by atoms with Crippen molar-refractivity contribution in [3.63, 3.8) is 0 Å². The molecule has 1 aromatic rings. The molecule has 0 aliphatic heterocycles. The summed E-state index contributed by atoms with van der Waals surface area (Å²) in [6.07, 6.45) is 2.36. The zero-order valence-electron chi connectivity index (χ0n) is 8.34. The second-order valence-corrected chi connectivity index (χ2v) is 4.04. The molecule has 0 spiro atoms. The molecule has 0 saturated carbocycles. The molecule has 1 amide bonds. The van der Waals surface area contributed by atoms with E-state index in [1.54, 1.807) is 12.1 Å². The summed E-state index contributed by atoms with van der Waals surface area (Å²) in [6.45, 7) is 4.02. The standard InChI is InChI=1S/C10H14BrNO2/c1-3-10(2,7-11)12-9(13)8-5-4-6-14-8/h4-6H,3,7H2,1-2H3,(H,12,13). The average molecular weight is 260 g/mol. The number of alkyl halides is 1. The van der Waals surface area contributed by atoms with Crippen molar-refractivity contribution in [2.45, 2.75) is 25.8 Å². The first kappa shape index (κ1) is 11.3. The van der Waals surface area contributed by atoms with Gasteiger partial charge in [0.1, 0.15) is 0 Å². The minimum Gasteiger partial charge on any atom is -0.459 e. The minimum absolute atomic E-state index is 0.168. The van der Waals surface area contributed by atoms with Crippen molar-refractivity contribution in [1.29, 1.82) is 0 Å². The second kappa shape index (κ2) is 4.64. The van der Waals surface area contributed by atoms with Crippen molar-refractivity contribution < 1.29 is 9.21 Å². The van der Waals surface area contributed by atoms with Crippen LogP contribution in [0.15, 0.2) is 22.8 Å². The van der Waals surface area contributed by atoms with Crippen LogP contribution < -0.4 is 5.32 Å². The molecule has 78 valence electrons.